The molecule has 0 atom stereocenters. The van der Waals surface area contributed by atoms with Crippen LogP contribution in [0.1, 0.15) is 74.9 Å². The van der Waals surface area contributed by atoms with E-state index in [1.807, 2.05) is 0 Å². The van der Waals surface area contributed by atoms with Crippen LogP contribution in [0.3, 0.4) is 0 Å². The summed E-state index contributed by atoms with van der Waals surface area (Å²) in [7, 11) is 0. The van der Waals surface area contributed by atoms with E-state index in [1.165, 1.54) is 65.7 Å². The Balaban J connectivity index is -0.000000551. The molecule has 0 amide bonds. The first kappa shape index (κ1) is 48.9. The van der Waals surface area contributed by atoms with Crippen LogP contribution in [0.2, 0.25) is 0 Å². The largest absolute Gasteiger partial charge is 2.00 e. The van der Waals surface area contributed by atoms with Gasteiger partial charge < -0.3 is 37.2 Å². The quantitative estimate of drug-likeness (QED) is 0.180. The van der Waals surface area contributed by atoms with Crippen molar-refractivity contribution in [2.75, 3.05) is 0 Å². The van der Waals surface area contributed by atoms with Crippen molar-refractivity contribution < 1.29 is 102 Å². The van der Waals surface area contributed by atoms with Crippen LogP contribution in [-0.4, -0.2) is 0 Å². The van der Waals surface area contributed by atoms with Crippen molar-refractivity contribution in [2.24, 2.45) is 0 Å². The number of aryl methyl sites for hydroxylation is 6. The predicted molar refractivity (Wildman–Crippen MR) is 175 cm³/mol. The Bertz CT molecular complexity index is 1450. The van der Waals surface area contributed by atoms with Gasteiger partial charge in [0.05, 0.1) is 0 Å². The number of hydrogen-bond acceptors (Lipinski definition) is 0. The van der Waals surface area contributed by atoms with Crippen molar-refractivity contribution in [2.45, 2.75) is 80.1 Å². The molecule has 0 heterocycles. The summed E-state index contributed by atoms with van der Waals surface area (Å²) in [6.45, 7) is 13.3. The van der Waals surface area contributed by atoms with E-state index >= 15 is 0 Å². The van der Waals surface area contributed by atoms with E-state index in [-0.39, 0.29) is 102 Å². The molecule has 45 heavy (non-hydrogen) atoms. The van der Waals surface area contributed by atoms with Crippen molar-refractivity contribution in [1.29, 1.82) is 0 Å². The SMILES string of the molecule is CCc1cc(CC)c2cc[cH-]c2c1.CCc1cc(CC)c2cc[cH-]c2c1.CCc1cc(CC)c2cc[cH-]c2c1.[Cl-].[Cl-].[Cl-].[Ti+2].[Ti+2].[Ti+2]. The summed E-state index contributed by atoms with van der Waals surface area (Å²) >= 11 is 0. The number of hydrogen-bond donors (Lipinski definition) is 0. The summed E-state index contributed by atoms with van der Waals surface area (Å²) in [5, 5.41) is 8.49. The molecule has 6 heteroatoms. The molecule has 0 saturated carbocycles. The van der Waals surface area contributed by atoms with Crippen LogP contribution in [0.5, 0.6) is 0 Å². The second kappa shape index (κ2) is 24.6. The Labute approximate surface area is 335 Å². The van der Waals surface area contributed by atoms with E-state index in [2.05, 4.69) is 133 Å². The van der Waals surface area contributed by atoms with E-state index < -0.39 is 0 Å². The minimum absolute atomic E-state index is 0. The van der Waals surface area contributed by atoms with Gasteiger partial charge in [0, 0.05) is 0 Å². The Morgan fingerprint density at radius 1 is 0.378 bits per heavy atom. The zero-order valence-electron chi connectivity index (χ0n) is 27.5. The molecular formula is C39H45Cl3Ti3. The fourth-order valence-electron chi connectivity index (χ4n) is 5.68. The molecule has 0 spiro atoms. The van der Waals surface area contributed by atoms with Crippen LogP contribution in [0.4, 0.5) is 0 Å². The van der Waals surface area contributed by atoms with Gasteiger partial charge in [0.25, 0.3) is 0 Å². The second-order valence-corrected chi connectivity index (χ2v) is 10.5. The van der Waals surface area contributed by atoms with Gasteiger partial charge in [-0.3, -0.25) is 0 Å². The van der Waals surface area contributed by atoms with E-state index in [0.29, 0.717) is 0 Å². The molecule has 0 radical (unpaired) electrons. The number of benzene rings is 3. The summed E-state index contributed by atoms with van der Waals surface area (Å²) in [6.07, 6.45) is 6.80. The van der Waals surface area contributed by atoms with Gasteiger partial charge in [-0.25, -0.2) is 0 Å². The monoisotopic (exact) mass is 762 g/mol. The maximum Gasteiger partial charge on any atom is 2.00 e. The first-order chi connectivity index (χ1) is 19.0. The van der Waals surface area contributed by atoms with Crippen molar-refractivity contribution in [3.63, 3.8) is 0 Å². The molecule has 0 aliphatic rings. The molecule has 0 aromatic heterocycles. The standard InChI is InChI=1S/3C13H15.3ClH.3Ti/c3*1-3-10-8-11(4-2)13-7-5-6-12(13)9-10;;;;;;/h3*5-9H,3-4H2,1-2H3;3*1H;;;/q3*-1;;;;3*+2/p-3. The van der Waals surface area contributed by atoms with Gasteiger partial charge >= 0.3 is 65.2 Å². The van der Waals surface area contributed by atoms with Crippen LogP contribution in [0.15, 0.2) is 91.0 Å². The van der Waals surface area contributed by atoms with Gasteiger partial charge in [0.15, 0.2) is 0 Å². The molecule has 234 valence electrons. The summed E-state index contributed by atoms with van der Waals surface area (Å²) in [6, 6.07) is 33.6. The Morgan fingerprint density at radius 2 is 0.622 bits per heavy atom. The van der Waals surface area contributed by atoms with Gasteiger partial charge in [-0.05, 0) is 38.5 Å². The molecular weight excluding hydrogens is 718 g/mol. The van der Waals surface area contributed by atoms with Crippen LogP contribution in [0.25, 0.3) is 32.3 Å². The van der Waals surface area contributed by atoms with E-state index in [1.54, 1.807) is 0 Å². The smallest absolute Gasteiger partial charge is 1.00 e. The molecule has 0 aliphatic heterocycles. The number of fused-ring (bicyclic) bond motifs is 3. The summed E-state index contributed by atoms with van der Waals surface area (Å²) in [5.41, 5.74) is 8.82. The summed E-state index contributed by atoms with van der Waals surface area (Å²) < 4.78 is 0. The van der Waals surface area contributed by atoms with E-state index in [0.717, 1.165) is 38.5 Å². The van der Waals surface area contributed by atoms with Crippen molar-refractivity contribution in [3.05, 3.63) is 124 Å². The van der Waals surface area contributed by atoms with Crippen molar-refractivity contribution in [3.8, 4) is 0 Å². The van der Waals surface area contributed by atoms with Gasteiger partial charge in [-0.1, -0.05) is 93.1 Å². The maximum atomic E-state index is 2.34. The molecule has 0 unspecified atom stereocenters. The fourth-order valence-corrected chi connectivity index (χ4v) is 5.68. The average molecular weight is 764 g/mol. The third kappa shape index (κ3) is 12.5. The zero-order chi connectivity index (χ0) is 27.8. The van der Waals surface area contributed by atoms with E-state index in [4.69, 9.17) is 0 Å². The molecule has 0 fully saturated rings. The molecule has 6 rings (SSSR count). The molecule has 0 bridgehead atoms. The average Bonchev–Trinajstić information content (AvgIpc) is 3.76. The van der Waals surface area contributed by atoms with Gasteiger partial charge in [0.1, 0.15) is 0 Å². The first-order valence-corrected chi connectivity index (χ1v) is 15.1. The number of halogens is 3. The maximum absolute atomic E-state index is 2.34. The summed E-state index contributed by atoms with van der Waals surface area (Å²) in [4.78, 5) is 0. The third-order valence-corrected chi connectivity index (χ3v) is 8.06. The van der Waals surface area contributed by atoms with Crippen molar-refractivity contribution >= 4 is 32.3 Å². The molecule has 0 saturated heterocycles. The molecule has 0 nitrogen and oxygen atoms in total. The normalized spacial score (nSPS) is 9.47. The fraction of sp³-hybridized carbons (Fsp3) is 0.308. The molecule has 6 aromatic carbocycles. The molecule has 0 aliphatic carbocycles. The minimum atomic E-state index is 0. The summed E-state index contributed by atoms with van der Waals surface area (Å²) in [5.74, 6) is 0. The van der Waals surface area contributed by atoms with Crippen LogP contribution in [-0.2, 0) is 104 Å². The van der Waals surface area contributed by atoms with Gasteiger partial charge in [-0.2, -0.15) is 36.4 Å². The zero-order valence-corrected chi connectivity index (χ0v) is 34.5. The number of rotatable bonds is 6. The predicted octanol–water partition coefficient (Wildman–Crippen LogP) is 2.06. The van der Waals surface area contributed by atoms with Gasteiger partial charge in [-0.15, -0.1) is 68.7 Å². The van der Waals surface area contributed by atoms with Crippen LogP contribution in [0, 0.1) is 0 Å². The van der Waals surface area contributed by atoms with Crippen LogP contribution < -0.4 is 37.2 Å². The molecule has 0 N–H and O–H groups in total. The van der Waals surface area contributed by atoms with Crippen LogP contribution >= 0.6 is 0 Å². The Morgan fingerprint density at radius 3 is 0.822 bits per heavy atom. The van der Waals surface area contributed by atoms with Crippen molar-refractivity contribution in [1.82, 2.24) is 0 Å². The Kier molecular flexibility index (Phi) is 26.7. The van der Waals surface area contributed by atoms with E-state index in [9.17, 15) is 0 Å². The third-order valence-electron chi connectivity index (χ3n) is 8.06. The Hall–Kier alpha value is -0.497. The first-order valence-electron chi connectivity index (χ1n) is 15.1. The molecule has 6 aromatic rings. The second-order valence-electron chi connectivity index (χ2n) is 10.5. The van der Waals surface area contributed by atoms with Gasteiger partial charge in [0.2, 0.25) is 0 Å². The topological polar surface area (TPSA) is 0 Å². The minimum Gasteiger partial charge on any atom is -1.00 e.